The average molecular weight is 289 g/mol. The minimum atomic E-state index is 0.439. The SMILES string of the molecule is CCOC1CCN(c2ccc(CNC3CC3)c(C)n2)CC1. The maximum Gasteiger partial charge on any atom is 0.128 e. The molecular formula is C17H27N3O. The van der Waals surface area contributed by atoms with E-state index in [1.807, 2.05) is 0 Å². The van der Waals surface area contributed by atoms with Crippen molar-refractivity contribution in [2.24, 2.45) is 0 Å². The molecule has 2 heterocycles. The summed E-state index contributed by atoms with van der Waals surface area (Å²) in [5.41, 5.74) is 2.49. The van der Waals surface area contributed by atoms with Crippen LogP contribution in [0, 0.1) is 6.92 Å². The lowest BCUT2D eigenvalue weighted by Gasteiger charge is -2.32. The van der Waals surface area contributed by atoms with Gasteiger partial charge in [-0.2, -0.15) is 0 Å². The molecule has 0 bridgehead atoms. The molecule has 1 saturated carbocycles. The zero-order valence-corrected chi connectivity index (χ0v) is 13.3. The molecule has 0 amide bonds. The molecule has 1 aliphatic carbocycles. The molecule has 0 atom stereocenters. The van der Waals surface area contributed by atoms with E-state index in [2.05, 4.69) is 36.2 Å². The number of piperidine rings is 1. The van der Waals surface area contributed by atoms with Crippen LogP contribution in [0.15, 0.2) is 12.1 Å². The van der Waals surface area contributed by atoms with Gasteiger partial charge in [-0.15, -0.1) is 0 Å². The highest BCUT2D eigenvalue weighted by atomic mass is 16.5. The molecule has 1 N–H and O–H groups in total. The van der Waals surface area contributed by atoms with E-state index in [0.29, 0.717) is 6.10 Å². The monoisotopic (exact) mass is 289 g/mol. The summed E-state index contributed by atoms with van der Waals surface area (Å²) in [6.07, 6.45) is 5.33. The van der Waals surface area contributed by atoms with Crippen LogP contribution in [0.3, 0.4) is 0 Å². The maximum absolute atomic E-state index is 5.71. The minimum absolute atomic E-state index is 0.439. The lowest BCUT2D eigenvalue weighted by Crippen LogP contribution is -2.37. The van der Waals surface area contributed by atoms with Crippen LogP contribution in [0.1, 0.15) is 43.9 Å². The first-order valence-corrected chi connectivity index (χ1v) is 8.32. The van der Waals surface area contributed by atoms with Crippen molar-refractivity contribution in [2.45, 2.75) is 58.2 Å². The summed E-state index contributed by atoms with van der Waals surface area (Å²) in [6.45, 7) is 8.08. The first kappa shape index (κ1) is 14.8. The summed E-state index contributed by atoms with van der Waals surface area (Å²) in [5.74, 6) is 1.12. The van der Waals surface area contributed by atoms with Crippen LogP contribution in [0.4, 0.5) is 5.82 Å². The van der Waals surface area contributed by atoms with Gasteiger partial charge in [-0.3, -0.25) is 0 Å². The van der Waals surface area contributed by atoms with Gasteiger partial charge in [-0.1, -0.05) is 6.07 Å². The number of hydrogen-bond acceptors (Lipinski definition) is 4. The Kier molecular flexibility index (Phi) is 4.76. The van der Waals surface area contributed by atoms with Gasteiger partial charge in [0.05, 0.1) is 6.10 Å². The number of nitrogens with one attached hydrogen (secondary N) is 1. The number of aryl methyl sites for hydroxylation is 1. The molecule has 1 aliphatic heterocycles. The van der Waals surface area contributed by atoms with Crippen molar-refractivity contribution in [1.29, 1.82) is 0 Å². The van der Waals surface area contributed by atoms with E-state index < -0.39 is 0 Å². The Bertz CT molecular complexity index is 465. The van der Waals surface area contributed by atoms with Crippen molar-refractivity contribution in [3.63, 3.8) is 0 Å². The van der Waals surface area contributed by atoms with E-state index in [1.165, 1.54) is 18.4 Å². The number of hydrogen-bond donors (Lipinski definition) is 1. The van der Waals surface area contributed by atoms with Crippen molar-refractivity contribution in [3.8, 4) is 0 Å². The zero-order valence-electron chi connectivity index (χ0n) is 13.3. The fraction of sp³-hybridized carbons (Fsp3) is 0.706. The Morgan fingerprint density at radius 3 is 2.62 bits per heavy atom. The quantitative estimate of drug-likeness (QED) is 0.873. The third-order valence-electron chi connectivity index (χ3n) is 4.51. The first-order valence-electron chi connectivity index (χ1n) is 8.32. The van der Waals surface area contributed by atoms with Crippen molar-refractivity contribution >= 4 is 5.82 Å². The van der Waals surface area contributed by atoms with Gasteiger partial charge in [-0.25, -0.2) is 4.98 Å². The molecule has 0 spiro atoms. The van der Waals surface area contributed by atoms with Gasteiger partial charge in [0.1, 0.15) is 5.82 Å². The van der Waals surface area contributed by atoms with Crippen LogP contribution in [-0.2, 0) is 11.3 Å². The predicted molar refractivity (Wildman–Crippen MR) is 85.7 cm³/mol. The third-order valence-corrected chi connectivity index (χ3v) is 4.51. The predicted octanol–water partition coefficient (Wildman–Crippen LogP) is 2.65. The van der Waals surface area contributed by atoms with Crippen molar-refractivity contribution in [1.82, 2.24) is 10.3 Å². The molecule has 3 rings (SSSR count). The van der Waals surface area contributed by atoms with Crippen molar-refractivity contribution in [2.75, 3.05) is 24.6 Å². The van der Waals surface area contributed by atoms with Crippen LogP contribution < -0.4 is 10.2 Å². The molecule has 1 aromatic heterocycles. The Balaban J connectivity index is 1.57. The number of nitrogens with zero attached hydrogens (tertiary/aromatic N) is 2. The molecule has 4 nitrogen and oxygen atoms in total. The standard InChI is InChI=1S/C17H27N3O/c1-3-21-16-8-10-20(11-9-16)17-7-4-14(13(2)19-17)12-18-15-5-6-15/h4,7,15-16,18H,3,5-6,8-12H2,1-2H3. The van der Waals surface area contributed by atoms with Crippen LogP contribution in [0.2, 0.25) is 0 Å². The highest BCUT2D eigenvalue weighted by molar-refractivity contribution is 5.42. The normalized spacial score (nSPS) is 20.0. The number of anilines is 1. The summed E-state index contributed by atoms with van der Waals surface area (Å²) in [6, 6.07) is 5.17. The van der Waals surface area contributed by atoms with Crippen molar-refractivity contribution < 1.29 is 4.74 Å². The van der Waals surface area contributed by atoms with E-state index >= 15 is 0 Å². The van der Waals surface area contributed by atoms with E-state index in [4.69, 9.17) is 9.72 Å². The van der Waals surface area contributed by atoms with E-state index in [0.717, 1.165) is 56.6 Å². The Labute approximate surface area is 127 Å². The molecule has 0 radical (unpaired) electrons. The average Bonchev–Trinajstić information content (AvgIpc) is 3.31. The molecule has 1 saturated heterocycles. The van der Waals surface area contributed by atoms with Gasteiger partial charge in [0.15, 0.2) is 0 Å². The topological polar surface area (TPSA) is 37.4 Å². The second-order valence-electron chi connectivity index (χ2n) is 6.21. The molecule has 2 aliphatic rings. The van der Waals surface area contributed by atoms with Crippen LogP contribution in [-0.4, -0.2) is 36.8 Å². The molecule has 0 unspecified atom stereocenters. The fourth-order valence-corrected chi connectivity index (χ4v) is 2.97. The fourth-order valence-electron chi connectivity index (χ4n) is 2.97. The number of ether oxygens (including phenoxy) is 1. The summed E-state index contributed by atoms with van der Waals surface area (Å²) >= 11 is 0. The van der Waals surface area contributed by atoms with Gasteiger partial charge < -0.3 is 15.0 Å². The largest absolute Gasteiger partial charge is 0.378 e. The number of pyridine rings is 1. The number of rotatable bonds is 6. The van der Waals surface area contributed by atoms with Crippen LogP contribution in [0.5, 0.6) is 0 Å². The first-order chi connectivity index (χ1) is 10.3. The Hall–Kier alpha value is -1.13. The highest BCUT2D eigenvalue weighted by Crippen LogP contribution is 2.22. The number of aromatic nitrogens is 1. The second-order valence-corrected chi connectivity index (χ2v) is 6.21. The molecule has 116 valence electrons. The van der Waals surface area contributed by atoms with Gasteiger partial charge in [-0.05, 0) is 51.2 Å². The Morgan fingerprint density at radius 1 is 1.24 bits per heavy atom. The van der Waals surface area contributed by atoms with Crippen LogP contribution in [0.25, 0.3) is 0 Å². The van der Waals surface area contributed by atoms with E-state index in [-0.39, 0.29) is 0 Å². The van der Waals surface area contributed by atoms with Crippen molar-refractivity contribution in [3.05, 3.63) is 23.4 Å². The summed E-state index contributed by atoms with van der Waals surface area (Å²) in [7, 11) is 0. The lowest BCUT2D eigenvalue weighted by molar-refractivity contribution is 0.0458. The van der Waals surface area contributed by atoms with Gasteiger partial charge in [0.2, 0.25) is 0 Å². The molecule has 0 aromatic carbocycles. The molecule has 1 aromatic rings. The van der Waals surface area contributed by atoms with Gasteiger partial charge in [0.25, 0.3) is 0 Å². The van der Waals surface area contributed by atoms with E-state index in [1.54, 1.807) is 0 Å². The molecule has 21 heavy (non-hydrogen) atoms. The molecule has 2 fully saturated rings. The third kappa shape index (κ3) is 3.95. The summed E-state index contributed by atoms with van der Waals surface area (Å²) in [4.78, 5) is 7.20. The second kappa shape index (κ2) is 6.75. The highest BCUT2D eigenvalue weighted by Gasteiger charge is 2.22. The lowest BCUT2D eigenvalue weighted by atomic mass is 10.1. The van der Waals surface area contributed by atoms with Gasteiger partial charge in [0, 0.05) is 38.0 Å². The van der Waals surface area contributed by atoms with Gasteiger partial charge >= 0.3 is 0 Å². The Morgan fingerprint density at radius 2 is 2.00 bits per heavy atom. The van der Waals surface area contributed by atoms with E-state index in [9.17, 15) is 0 Å². The smallest absolute Gasteiger partial charge is 0.128 e. The maximum atomic E-state index is 5.71. The minimum Gasteiger partial charge on any atom is -0.378 e. The molecule has 4 heteroatoms. The summed E-state index contributed by atoms with van der Waals surface area (Å²) < 4.78 is 5.71. The zero-order chi connectivity index (χ0) is 14.7. The molecular weight excluding hydrogens is 262 g/mol. The summed E-state index contributed by atoms with van der Waals surface area (Å²) in [5, 5.41) is 3.56. The van der Waals surface area contributed by atoms with Crippen LogP contribution >= 0.6 is 0 Å².